The Balaban J connectivity index is 1.94. The average molecular weight is 224 g/mol. The average Bonchev–Trinajstić information content (AvgIpc) is 2.30. The quantitative estimate of drug-likeness (QED) is 0.836. The Bertz CT molecular complexity index is 340. The number of morpholine rings is 1. The van der Waals surface area contributed by atoms with Crippen molar-refractivity contribution < 1.29 is 9.13 Å². The zero-order valence-corrected chi connectivity index (χ0v) is 9.45. The molecule has 0 spiro atoms. The van der Waals surface area contributed by atoms with Gasteiger partial charge in [0.25, 0.3) is 0 Å². The fourth-order valence-electron chi connectivity index (χ4n) is 1.86. The molecule has 4 heteroatoms. The summed E-state index contributed by atoms with van der Waals surface area (Å²) < 4.78 is 18.6. The van der Waals surface area contributed by atoms with Gasteiger partial charge in [-0.25, -0.2) is 4.39 Å². The summed E-state index contributed by atoms with van der Waals surface area (Å²) in [5.74, 6) is -0.202. The third kappa shape index (κ3) is 2.93. The van der Waals surface area contributed by atoms with Crippen LogP contribution >= 0.6 is 0 Å². The molecule has 0 amide bonds. The second kappa shape index (κ2) is 5.27. The van der Waals surface area contributed by atoms with Crippen LogP contribution in [0.2, 0.25) is 0 Å². The first kappa shape index (κ1) is 11.4. The number of rotatable bonds is 3. The first-order chi connectivity index (χ1) is 7.75. The van der Waals surface area contributed by atoms with Gasteiger partial charge in [-0.2, -0.15) is 0 Å². The molecule has 88 valence electrons. The molecule has 1 heterocycles. The molecule has 1 aliphatic heterocycles. The van der Waals surface area contributed by atoms with Crippen LogP contribution in [0, 0.1) is 5.82 Å². The standard InChI is InChI=1S/C12H17FN2O/c1-15(9-12-8-14-5-6-16-12)11-4-2-3-10(13)7-11/h2-4,7,12,14H,5-6,8-9H2,1H3. The molecule has 0 radical (unpaired) electrons. The van der Waals surface area contributed by atoms with Gasteiger partial charge < -0.3 is 15.0 Å². The number of nitrogens with zero attached hydrogens (tertiary/aromatic N) is 1. The zero-order chi connectivity index (χ0) is 11.4. The minimum absolute atomic E-state index is 0.182. The molecule has 1 N–H and O–H groups in total. The van der Waals surface area contributed by atoms with E-state index in [9.17, 15) is 4.39 Å². The van der Waals surface area contributed by atoms with Gasteiger partial charge >= 0.3 is 0 Å². The zero-order valence-electron chi connectivity index (χ0n) is 9.45. The molecular formula is C12H17FN2O. The lowest BCUT2D eigenvalue weighted by Gasteiger charge is -2.29. The van der Waals surface area contributed by atoms with E-state index in [0.29, 0.717) is 0 Å². The van der Waals surface area contributed by atoms with Crippen molar-refractivity contribution in [3.63, 3.8) is 0 Å². The van der Waals surface area contributed by atoms with Crippen molar-refractivity contribution >= 4 is 5.69 Å². The van der Waals surface area contributed by atoms with Crippen molar-refractivity contribution in [1.82, 2.24) is 5.32 Å². The van der Waals surface area contributed by atoms with Crippen molar-refractivity contribution in [3.05, 3.63) is 30.1 Å². The minimum atomic E-state index is -0.202. The molecule has 0 bridgehead atoms. The molecule has 16 heavy (non-hydrogen) atoms. The number of anilines is 1. The Hall–Kier alpha value is -1.13. The summed E-state index contributed by atoms with van der Waals surface area (Å²) >= 11 is 0. The molecule has 1 aromatic carbocycles. The molecule has 1 atom stereocenters. The van der Waals surface area contributed by atoms with Crippen LogP contribution in [0.4, 0.5) is 10.1 Å². The van der Waals surface area contributed by atoms with E-state index in [1.54, 1.807) is 6.07 Å². The lowest BCUT2D eigenvalue weighted by atomic mass is 10.2. The molecule has 1 aliphatic rings. The van der Waals surface area contributed by atoms with Gasteiger partial charge in [-0.05, 0) is 18.2 Å². The predicted molar refractivity (Wildman–Crippen MR) is 62.3 cm³/mol. The molecule has 0 saturated carbocycles. The fraction of sp³-hybridized carbons (Fsp3) is 0.500. The predicted octanol–water partition coefficient (Wildman–Crippen LogP) is 1.25. The lowest BCUT2D eigenvalue weighted by Crippen LogP contribution is -2.44. The summed E-state index contributed by atoms with van der Waals surface area (Å²) in [5.41, 5.74) is 0.883. The van der Waals surface area contributed by atoms with Crippen LogP contribution in [-0.2, 0) is 4.74 Å². The third-order valence-electron chi connectivity index (χ3n) is 2.73. The Morgan fingerprint density at radius 2 is 2.44 bits per heavy atom. The number of nitrogens with one attached hydrogen (secondary N) is 1. The summed E-state index contributed by atoms with van der Waals surface area (Å²) in [6.45, 7) is 3.30. The monoisotopic (exact) mass is 224 g/mol. The van der Waals surface area contributed by atoms with Crippen LogP contribution < -0.4 is 10.2 Å². The maximum atomic E-state index is 13.0. The van der Waals surface area contributed by atoms with E-state index in [0.717, 1.165) is 31.9 Å². The summed E-state index contributed by atoms with van der Waals surface area (Å²) in [6, 6.07) is 6.62. The van der Waals surface area contributed by atoms with Crippen molar-refractivity contribution in [2.24, 2.45) is 0 Å². The van der Waals surface area contributed by atoms with E-state index >= 15 is 0 Å². The van der Waals surface area contributed by atoms with Crippen molar-refractivity contribution in [3.8, 4) is 0 Å². The topological polar surface area (TPSA) is 24.5 Å². The largest absolute Gasteiger partial charge is 0.374 e. The van der Waals surface area contributed by atoms with Crippen molar-refractivity contribution in [2.45, 2.75) is 6.10 Å². The summed E-state index contributed by atoms with van der Waals surface area (Å²) in [5, 5.41) is 3.28. The van der Waals surface area contributed by atoms with Gasteiger partial charge in [0, 0.05) is 32.4 Å². The van der Waals surface area contributed by atoms with Crippen LogP contribution in [-0.4, -0.2) is 39.4 Å². The van der Waals surface area contributed by atoms with Gasteiger partial charge in [-0.1, -0.05) is 6.07 Å². The first-order valence-corrected chi connectivity index (χ1v) is 5.55. The maximum absolute atomic E-state index is 13.0. The SMILES string of the molecule is CN(CC1CNCCO1)c1cccc(F)c1. The lowest BCUT2D eigenvalue weighted by molar-refractivity contribution is 0.0340. The minimum Gasteiger partial charge on any atom is -0.374 e. The smallest absolute Gasteiger partial charge is 0.125 e. The van der Waals surface area contributed by atoms with Gasteiger partial charge in [0.1, 0.15) is 5.82 Å². The van der Waals surface area contributed by atoms with Crippen LogP contribution in [0.5, 0.6) is 0 Å². The third-order valence-corrected chi connectivity index (χ3v) is 2.73. The number of halogens is 1. The maximum Gasteiger partial charge on any atom is 0.125 e. The second-order valence-electron chi connectivity index (χ2n) is 4.06. The fourth-order valence-corrected chi connectivity index (χ4v) is 1.86. The number of hydrogen-bond donors (Lipinski definition) is 1. The Morgan fingerprint density at radius 1 is 1.56 bits per heavy atom. The van der Waals surface area contributed by atoms with Gasteiger partial charge in [0.2, 0.25) is 0 Å². The Kier molecular flexibility index (Phi) is 3.74. The molecule has 0 aliphatic carbocycles. The van der Waals surface area contributed by atoms with E-state index in [1.807, 2.05) is 18.0 Å². The van der Waals surface area contributed by atoms with Gasteiger partial charge in [0.05, 0.1) is 12.7 Å². The van der Waals surface area contributed by atoms with Crippen molar-refractivity contribution in [2.75, 3.05) is 38.2 Å². The first-order valence-electron chi connectivity index (χ1n) is 5.55. The molecule has 1 saturated heterocycles. The summed E-state index contributed by atoms with van der Waals surface area (Å²) in [7, 11) is 1.95. The van der Waals surface area contributed by atoms with E-state index in [-0.39, 0.29) is 11.9 Å². The van der Waals surface area contributed by atoms with Crippen molar-refractivity contribution in [1.29, 1.82) is 0 Å². The molecule has 1 fully saturated rings. The van der Waals surface area contributed by atoms with Crippen LogP contribution in [0.3, 0.4) is 0 Å². The summed E-state index contributed by atoms with van der Waals surface area (Å²) in [6.07, 6.45) is 0.182. The number of hydrogen-bond acceptors (Lipinski definition) is 3. The molecule has 2 rings (SSSR count). The van der Waals surface area contributed by atoms with Crippen LogP contribution in [0.15, 0.2) is 24.3 Å². The Morgan fingerprint density at radius 3 is 3.12 bits per heavy atom. The van der Waals surface area contributed by atoms with Gasteiger partial charge in [-0.15, -0.1) is 0 Å². The highest BCUT2D eigenvalue weighted by atomic mass is 19.1. The molecular weight excluding hydrogens is 207 g/mol. The van der Waals surface area contributed by atoms with Crippen LogP contribution in [0.1, 0.15) is 0 Å². The van der Waals surface area contributed by atoms with E-state index in [4.69, 9.17) is 4.74 Å². The number of benzene rings is 1. The second-order valence-corrected chi connectivity index (χ2v) is 4.06. The van der Waals surface area contributed by atoms with E-state index < -0.39 is 0 Å². The molecule has 3 nitrogen and oxygen atoms in total. The normalized spacial score (nSPS) is 20.8. The van der Waals surface area contributed by atoms with E-state index in [1.165, 1.54) is 12.1 Å². The van der Waals surface area contributed by atoms with Gasteiger partial charge in [0.15, 0.2) is 0 Å². The van der Waals surface area contributed by atoms with Crippen LogP contribution in [0.25, 0.3) is 0 Å². The van der Waals surface area contributed by atoms with Gasteiger partial charge in [-0.3, -0.25) is 0 Å². The van der Waals surface area contributed by atoms with E-state index in [2.05, 4.69) is 5.32 Å². The highest BCUT2D eigenvalue weighted by molar-refractivity contribution is 5.45. The molecule has 1 unspecified atom stereocenters. The summed E-state index contributed by atoms with van der Waals surface area (Å²) in [4.78, 5) is 2.01. The highest BCUT2D eigenvalue weighted by Gasteiger charge is 2.15. The molecule has 0 aromatic heterocycles. The molecule has 1 aromatic rings. The number of likely N-dealkylation sites (N-methyl/N-ethyl adjacent to an activating group) is 1. The highest BCUT2D eigenvalue weighted by Crippen LogP contribution is 2.14. The number of ether oxygens (including phenoxy) is 1. The Labute approximate surface area is 95.2 Å².